The Kier molecular flexibility index (Phi) is 5.74. The van der Waals surface area contributed by atoms with Crippen molar-refractivity contribution in [3.05, 3.63) is 83.2 Å². The molecule has 2 fully saturated rings. The molecule has 2 aromatic carbocycles. The Morgan fingerprint density at radius 2 is 1.94 bits per heavy atom. The van der Waals surface area contributed by atoms with Gasteiger partial charge in [-0.05, 0) is 74.9 Å². The number of anilines is 1. The highest BCUT2D eigenvalue weighted by atomic mass is 19.1. The molecule has 1 saturated heterocycles. The number of benzene rings is 2. The summed E-state index contributed by atoms with van der Waals surface area (Å²) in [6, 6.07) is 13.1. The molecule has 1 saturated carbocycles. The average molecular weight is 418 g/mol. The van der Waals surface area contributed by atoms with Crippen LogP contribution in [0, 0.1) is 24.1 Å². The molecule has 4 rings (SSSR count). The fraction of sp³-hybridized carbons (Fsp3) is 0.370. The fourth-order valence-corrected chi connectivity index (χ4v) is 4.94. The Balaban J connectivity index is 1.30. The number of nitrogens with two attached hydrogens (primary N) is 1. The van der Waals surface area contributed by atoms with E-state index in [2.05, 4.69) is 62.6 Å². The molecule has 162 valence electrons. The molecule has 1 spiro atoms. The number of halogens is 1. The Morgan fingerprint density at radius 3 is 2.65 bits per heavy atom. The lowest BCUT2D eigenvalue weighted by atomic mass is 9.56. The summed E-state index contributed by atoms with van der Waals surface area (Å²) in [6.07, 6.45) is 4.61. The molecular formula is C27H32FN3. The van der Waals surface area contributed by atoms with Crippen LogP contribution in [-0.4, -0.2) is 23.7 Å². The van der Waals surface area contributed by atoms with Crippen LogP contribution in [0.1, 0.15) is 43.4 Å². The van der Waals surface area contributed by atoms with Gasteiger partial charge < -0.3 is 10.6 Å². The first kappa shape index (κ1) is 21.4. The van der Waals surface area contributed by atoms with Crippen molar-refractivity contribution >= 4 is 17.1 Å². The highest BCUT2D eigenvalue weighted by molar-refractivity contribution is 5.93. The maximum atomic E-state index is 14.2. The van der Waals surface area contributed by atoms with Crippen molar-refractivity contribution in [2.75, 3.05) is 18.8 Å². The average Bonchev–Trinajstić information content (AvgIpc) is 2.67. The number of likely N-dealkylation sites (tertiary alicyclic amines) is 1. The molecule has 4 heteroatoms. The number of allylic oxidation sites excluding steroid dienone is 2. The van der Waals surface area contributed by atoms with Crippen molar-refractivity contribution in [2.24, 2.45) is 16.3 Å². The third kappa shape index (κ3) is 4.43. The van der Waals surface area contributed by atoms with Crippen molar-refractivity contribution < 1.29 is 4.39 Å². The minimum atomic E-state index is -0.258. The lowest BCUT2D eigenvalue weighted by Crippen LogP contribution is -2.61. The SMILES string of the molecule is C=C(c1cc(N)ccc1F)N1CC2(CC(/C(C)=C/C(C)=NCc3ccccc3C)C2)C1. The lowest BCUT2D eigenvalue weighted by molar-refractivity contribution is -0.0532. The van der Waals surface area contributed by atoms with E-state index in [0.29, 0.717) is 22.6 Å². The second kappa shape index (κ2) is 8.33. The van der Waals surface area contributed by atoms with Gasteiger partial charge in [-0.2, -0.15) is 0 Å². The number of hydrogen-bond donors (Lipinski definition) is 1. The molecule has 3 nitrogen and oxygen atoms in total. The maximum absolute atomic E-state index is 14.2. The Morgan fingerprint density at radius 1 is 1.23 bits per heavy atom. The number of nitrogens with zero attached hydrogens (tertiary/aromatic N) is 2. The predicted octanol–water partition coefficient (Wildman–Crippen LogP) is 6.01. The topological polar surface area (TPSA) is 41.6 Å². The summed E-state index contributed by atoms with van der Waals surface area (Å²) in [6.45, 7) is 13.2. The first-order valence-electron chi connectivity index (χ1n) is 11.0. The van der Waals surface area contributed by atoms with Gasteiger partial charge in [-0.1, -0.05) is 36.4 Å². The summed E-state index contributed by atoms with van der Waals surface area (Å²) in [5.41, 5.74) is 13.1. The number of aryl methyl sites for hydroxylation is 1. The molecule has 0 atom stereocenters. The van der Waals surface area contributed by atoms with Crippen LogP contribution < -0.4 is 5.73 Å². The third-order valence-electron chi connectivity index (χ3n) is 6.93. The second-order valence-electron chi connectivity index (χ2n) is 9.42. The van der Waals surface area contributed by atoms with E-state index in [0.717, 1.165) is 31.0 Å². The van der Waals surface area contributed by atoms with E-state index in [1.165, 1.54) is 35.6 Å². The summed E-state index contributed by atoms with van der Waals surface area (Å²) in [5.74, 6) is 0.356. The minimum Gasteiger partial charge on any atom is -0.399 e. The van der Waals surface area contributed by atoms with E-state index in [9.17, 15) is 4.39 Å². The van der Waals surface area contributed by atoms with Gasteiger partial charge in [0.2, 0.25) is 0 Å². The van der Waals surface area contributed by atoms with Gasteiger partial charge in [0.15, 0.2) is 0 Å². The molecule has 1 aliphatic carbocycles. The summed E-state index contributed by atoms with van der Waals surface area (Å²) in [4.78, 5) is 6.95. The molecule has 0 unspecified atom stereocenters. The third-order valence-corrected chi connectivity index (χ3v) is 6.93. The number of aliphatic imine (C=N–C) groups is 1. The number of nitrogen functional groups attached to an aromatic ring is 1. The van der Waals surface area contributed by atoms with Crippen LogP contribution in [0.25, 0.3) is 5.70 Å². The molecule has 0 bridgehead atoms. The Bertz CT molecular complexity index is 1050. The van der Waals surface area contributed by atoms with Gasteiger partial charge in [0.25, 0.3) is 0 Å². The van der Waals surface area contributed by atoms with Crippen LogP contribution in [0.4, 0.5) is 10.1 Å². The quantitative estimate of drug-likeness (QED) is 0.462. The van der Waals surface area contributed by atoms with Gasteiger partial charge in [-0.25, -0.2) is 4.39 Å². The zero-order chi connectivity index (χ0) is 22.2. The Labute approximate surface area is 185 Å². The molecule has 1 aliphatic heterocycles. The van der Waals surface area contributed by atoms with Crippen LogP contribution in [0.2, 0.25) is 0 Å². The molecule has 1 heterocycles. The van der Waals surface area contributed by atoms with E-state index >= 15 is 0 Å². The predicted molar refractivity (Wildman–Crippen MR) is 128 cm³/mol. The smallest absolute Gasteiger partial charge is 0.132 e. The molecule has 2 aromatic rings. The monoisotopic (exact) mass is 417 g/mol. The highest BCUT2D eigenvalue weighted by Gasteiger charge is 2.52. The zero-order valence-electron chi connectivity index (χ0n) is 18.8. The van der Waals surface area contributed by atoms with Gasteiger partial charge in [0, 0.05) is 41.2 Å². The van der Waals surface area contributed by atoms with Gasteiger partial charge in [0.05, 0.1) is 6.54 Å². The van der Waals surface area contributed by atoms with Crippen LogP contribution >= 0.6 is 0 Å². The normalized spacial score (nSPS) is 18.6. The van der Waals surface area contributed by atoms with E-state index in [4.69, 9.17) is 10.7 Å². The fourth-order valence-electron chi connectivity index (χ4n) is 4.94. The molecule has 0 aromatic heterocycles. The van der Waals surface area contributed by atoms with Crippen molar-refractivity contribution in [1.82, 2.24) is 4.90 Å². The number of rotatable bonds is 6. The van der Waals surface area contributed by atoms with Crippen LogP contribution in [0.3, 0.4) is 0 Å². The number of hydrogen-bond acceptors (Lipinski definition) is 3. The maximum Gasteiger partial charge on any atom is 0.132 e. The van der Waals surface area contributed by atoms with Crippen molar-refractivity contribution in [1.29, 1.82) is 0 Å². The molecule has 31 heavy (non-hydrogen) atoms. The van der Waals surface area contributed by atoms with Gasteiger partial charge in [0.1, 0.15) is 5.82 Å². The molecule has 2 N–H and O–H groups in total. The summed E-state index contributed by atoms with van der Waals surface area (Å²) in [7, 11) is 0. The largest absolute Gasteiger partial charge is 0.399 e. The summed E-state index contributed by atoms with van der Waals surface area (Å²) in [5, 5.41) is 0. The van der Waals surface area contributed by atoms with Crippen molar-refractivity contribution in [2.45, 2.75) is 40.2 Å². The lowest BCUT2D eigenvalue weighted by Gasteiger charge is -2.60. The van der Waals surface area contributed by atoms with E-state index in [1.807, 2.05) is 0 Å². The van der Waals surface area contributed by atoms with Gasteiger partial charge >= 0.3 is 0 Å². The summed E-state index contributed by atoms with van der Waals surface area (Å²) >= 11 is 0. The molecule has 2 aliphatic rings. The zero-order valence-corrected chi connectivity index (χ0v) is 18.8. The second-order valence-corrected chi connectivity index (χ2v) is 9.42. The van der Waals surface area contributed by atoms with Crippen LogP contribution in [-0.2, 0) is 6.54 Å². The highest BCUT2D eigenvalue weighted by Crippen LogP contribution is 2.55. The van der Waals surface area contributed by atoms with E-state index in [1.54, 1.807) is 12.1 Å². The standard InChI is InChI=1S/C27H32FN3/c1-18-7-5-6-8-22(18)15-30-20(3)11-19(2)23-13-27(14-23)16-31(17-27)21(4)25-12-24(29)9-10-26(25)28/h5-12,23H,4,13-17,29H2,1-3H3/b19-11+,30-20?. The first-order chi connectivity index (χ1) is 14.8. The Hall–Kier alpha value is -2.88. The van der Waals surface area contributed by atoms with Gasteiger partial charge in [-0.3, -0.25) is 4.99 Å². The molecular weight excluding hydrogens is 385 g/mol. The van der Waals surface area contributed by atoms with Crippen LogP contribution in [0.5, 0.6) is 0 Å². The summed E-state index contributed by atoms with van der Waals surface area (Å²) < 4.78 is 14.2. The molecule has 0 radical (unpaired) electrons. The molecule has 0 amide bonds. The minimum absolute atomic E-state index is 0.258. The van der Waals surface area contributed by atoms with E-state index in [-0.39, 0.29) is 5.82 Å². The first-order valence-corrected chi connectivity index (χ1v) is 11.0. The van der Waals surface area contributed by atoms with E-state index < -0.39 is 0 Å². The van der Waals surface area contributed by atoms with Gasteiger partial charge in [-0.15, -0.1) is 0 Å². The van der Waals surface area contributed by atoms with Crippen molar-refractivity contribution in [3.63, 3.8) is 0 Å². The van der Waals surface area contributed by atoms with Crippen LogP contribution in [0.15, 0.2) is 65.7 Å². The van der Waals surface area contributed by atoms with Crippen molar-refractivity contribution in [3.8, 4) is 0 Å².